The zero-order valence-electron chi connectivity index (χ0n) is 20.9. The second-order valence-electron chi connectivity index (χ2n) is 8.57. The summed E-state index contributed by atoms with van der Waals surface area (Å²) in [4.78, 5) is 12.8. The maximum atomic E-state index is 12.8. The molecule has 0 atom stereocenters. The SMILES string of the molecule is CCC=CCCOc1ccc2c(OC(C)C)c(OC/C=C(\C)CCC=C(C)C)c(=O)oc2c1. The van der Waals surface area contributed by atoms with E-state index in [1.54, 1.807) is 6.07 Å². The molecule has 2 aromatic rings. The second kappa shape index (κ2) is 13.6. The molecule has 33 heavy (non-hydrogen) atoms. The van der Waals surface area contributed by atoms with E-state index in [1.165, 1.54) is 11.1 Å². The number of rotatable bonds is 13. The van der Waals surface area contributed by atoms with E-state index < -0.39 is 5.63 Å². The molecule has 0 radical (unpaired) electrons. The topological polar surface area (TPSA) is 57.9 Å². The summed E-state index contributed by atoms with van der Waals surface area (Å²) in [6.07, 6.45) is 12.1. The largest absolute Gasteiger partial charge is 0.493 e. The first-order valence-electron chi connectivity index (χ1n) is 11.8. The zero-order chi connectivity index (χ0) is 24.2. The molecule has 0 aliphatic carbocycles. The Labute approximate surface area is 197 Å². The highest BCUT2D eigenvalue weighted by Gasteiger charge is 2.19. The lowest BCUT2D eigenvalue weighted by molar-refractivity contribution is 0.224. The van der Waals surface area contributed by atoms with E-state index in [4.69, 9.17) is 18.6 Å². The molecule has 0 bridgehead atoms. The van der Waals surface area contributed by atoms with Crippen molar-refractivity contribution in [2.24, 2.45) is 0 Å². The summed E-state index contributed by atoms with van der Waals surface area (Å²) >= 11 is 0. The third kappa shape index (κ3) is 8.83. The normalized spacial score (nSPS) is 11.9. The Morgan fingerprint density at radius 3 is 2.52 bits per heavy atom. The highest BCUT2D eigenvalue weighted by Crippen LogP contribution is 2.35. The molecule has 0 aliphatic heterocycles. The molecule has 5 nitrogen and oxygen atoms in total. The molecule has 2 rings (SSSR count). The Hall–Kier alpha value is -2.95. The summed E-state index contributed by atoms with van der Waals surface area (Å²) in [7, 11) is 0. The van der Waals surface area contributed by atoms with Crippen molar-refractivity contribution in [2.45, 2.75) is 73.3 Å². The van der Waals surface area contributed by atoms with Gasteiger partial charge in [0.1, 0.15) is 17.9 Å². The van der Waals surface area contributed by atoms with Crippen molar-refractivity contribution < 1.29 is 18.6 Å². The predicted octanol–water partition coefficient (Wildman–Crippen LogP) is 7.39. The van der Waals surface area contributed by atoms with E-state index in [0.29, 0.717) is 29.1 Å². The zero-order valence-corrected chi connectivity index (χ0v) is 20.9. The lowest BCUT2D eigenvalue weighted by Crippen LogP contribution is -2.14. The van der Waals surface area contributed by atoms with Gasteiger partial charge in [-0.3, -0.25) is 0 Å². The average molecular weight is 455 g/mol. The fourth-order valence-electron chi connectivity index (χ4n) is 3.19. The number of ether oxygens (including phenoxy) is 3. The quantitative estimate of drug-likeness (QED) is 0.179. The molecular weight excluding hydrogens is 416 g/mol. The Kier molecular flexibility index (Phi) is 10.8. The predicted molar refractivity (Wildman–Crippen MR) is 136 cm³/mol. The van der Waals surface area contributed by atoms with Crippen molar-refractivity contribution in [1.29, 1.82) is 0 Å². The van der Waals surface area contributed by atoms with Crippen molar-refractivity contribution in [2.75, 3.05) is 13.2 Å². The monoisotopic (exact) mass is 454 g/mol. The molecule has 0 saturated heterocycles. The van der Waals surface area contributed by atoms with Gasteiger partial charge >= 0.3 is 5.63 Å². The number of hydrogen-bond donors (Lipinski definition) is 0. The van der Waals surface area contributed by atoms with Crippen LogP contribution in [0.25, 0.3) is 11.0 Å². The smallest absolute Gasteiger partial charge is 0.383 e. The van der Waals surface area contributed by atoms with Crippen LogP contribution in [0.5, 0.6) is 17.2 Å². The molecule has 0 amide bonds. The van der Waals surface area contributed by atoms with Gasteiger partial charge in [-0.25, -0.2) is 4.79 Å². The Bertz CT molecular complexity index is 1040. The average Bonchev–Trinajstić information content (AvgIpc) is 2.74. The van der Waals surface area contributed by atoms with Crippen LogP contribution < -0.4 is 19.8 Å². The minimum atomic E-state index is -0.559. The maximum absolute atomic E-state index is 12.8. The Morgan fingerprint density at radius 1 is 1.03 bits per heavy atom. The Morgan fingerprint density at radius 2 is 1.82 bits per heavy atom. The summed E-state index contributed by atoms with van der Waals surface area (Å²) in [5.74, 6) is 1.15. The maximum Gasteiger partial charge on any atom is 0.383 e. The van der Waals surface area contributed by atoms with E-state index in [0.717, 1.165) is 25.7 Å². The molecule has 180 valence electrons. The lowest BCUT2D eigenvalue weighted by Gasteiger charge is -2.16. The summed E-state index contributed by atoms with van der Waals surface area (Å²) < 4.78 is 23.2. The highest BCUT2D eigenvalue weighted by molar-refractivity contribution is 5.86. The van der Waals surface area contributed by atoms with Gasteiger partial charge in [0.15, 0.2) is 5.75 Å². The van der Waals surface area contributed by atoms with E-state index in [-0.39, 0.29) is 18.5 Å². The molecule has 5 heteroatoms. The van der Waals surface area contributed by atoms with Crippen molar-refractivity contribution in [1.82, 2.24) is 0 Å². The molecule has 0 spiro atoms. The minimum absolute atomic E-state index is 0.0999. The van der Waals surface area contributed by atoms with E-state index in [1.807, 2.05) is 32.1 Å². The fraction of sp³-hybridized carbons (Fsp3) is 0.464. The lowest BCUT2D eigenvalue weighted by atomic mass is 10.1. The van der Waals surface area contributed by atoms with Crippen LogP contribution in [0.15, 0.2) is 62.9 Å². The summed E-state index contributed by atoms with van der Waals surface area (Å²) in [6, 6.07) is 5.43. The minimum Gasteiger partial charge on any atom is -0.493 e. The van der Waals surface area contributed by atoms with Crippen LogP contribution >= 0.6 is 0 Å². The number of benzene rings is 1. The molecule has 1 aromatic carbocycles. The molecule has 1 heterocycles. The second-order valence-corrected chi connectivity index (χ2v) is 8.57. The molecule has 0 saturated carbocycles. The summed E-state index contributed by atoms with van der Waals surface area (Å²) in [6.45, 7) is 13.0. The van der Waals surface area contributed by atoms with Crippen molar-refractivity contribution in [3.8, 4) is 17.2 Å². The summed E-state index contributed by atoms with van der Waals surface area (Å²) in [5.41, 5.74) is 2.37. The van der Waals surface area contributed by atoms with Crippen LogP contribution in [0.3, 0.4) is 0 Å². The van der Waals surface area contributed by atoms with Gasteiger partial charge in [-0.1, -0.05) is 36.3 Å². The molecule has 0 unspecified atom stereocenters. The van der Waals surface area contributed by atoms with Gasteiger partial charge in [0.25, 0.3) is 0 Å². The van der Waals surface area contributed by atoms with E-state index in [2.05, 4.69) is 45.9 Å². The number of allylic oxidation sites excluding steroid dienone is 4. The van der Waals surface area contributed by atoms with Crippen LogP contribution in [-0.4, -0.2) is 19.3 Å². The molecule has 0 fully saturated rings. The number of hydrogen-bond acceptors (Lipinski definition) is 5. The van der Waals surface area contributed by atoms with Crippen molar-refractivity contribution in [3.05, 3.63) is 64.1 Å². The third-order valence-corrected chi connectivity index (χ3v) is 4.85. The van der Waals surface area contributed by atoms with E-state index in [9.17, 15) is 4.79 Å². The van der Waals surface area contributed by atoms with Crippen LogP contribution in [0.2, 0.25) is 0 Å². The van der Waals surface area contributed by atoms with Crippen molar-refractivity contribution >= 4 is 11.0 Å². The molecule has 1 aromatic heterocycles. The summed E-state index contributed by atoms with van der Waals surface area (Å²) in [5, 5.41) is 0.681. The molecular formula is C28H38O5. The first-order chi connectivity index (χ1) is 15.8. The standard InChI is InChI=1S/C28H38O5/c1-7-8-9-10-17-30-23-14-15-24-25(19-23)33-28(29)27(26(24)32-21(4)5)31-18-16-22(6)13-11-12-20(2)3/h8-9,12,14-16,19,21H,7,10-11,13,17-18H2,1-6H3/b9-8?,22-16+. The van der Waals surface area contributed by atoms with Gasteiger partial charge in [-0.05, 0) is 78.5 Å². The number of fused-ring (bicyclic) bond motifs is 1. The van der Waals surface area contributed by atoms with Gasteiger partial charge in [0.05, 0.1) is 18.1 Å². The van der Waals surface area contributed by atoms with Crippen LogP contribution in [0.1, 0.15) is 67.2 Å². The fourth-order valence-corrected chi connectivity index (χ4v) is 3.19. The molecule has 0 aliphatic rings. The third-order valence-electron chi connectivity index (χ3n) is 4.85. The van der Waals surface area contributed by atoms with E-state index >= 15 is 0 Å². The van der Waals surface area contributed by atoms with Gasteiger partial charge in [0, 0.05) is 6.07 Å². The Balaban J connectivity index is 2.22. The van der Waals surface area contributed by atoms with Crippen LogP contribution in [-0.2, 0) is 0 Å². The van der Waals surface area contributed by atoms with Crippen LogP contribution in [0, 0.1) is 0 Å². The first-order valence-corrected chi connectivity index (χ1v) is 11.8. The van der Waals surface area contributed by atoms with Gasteiger partial charge < -0.3 is 18.6 Å². The highest BCUT2D eigenvalue weighted by atomic mass is 16.5. The first kappa shape index (κ1) is 26.3. The molecule has 0 N–H and O–H groups in total. The van der Waals surface area contributed by atoms with Gasteiger partial charge in [-0.2, -0.15) is 0 Å². The van der Waals surface area contributed by atoms with Gasteiger partial charge in [0.2, 0.25) is 5.75 Å². The van der Waals surface area contributed by atoms with Gasteiger partial charge in [-0.15, -0.1) is 0 Å². The van der Waals surface area contributed by atoms with Crippen LogP contribution in [0.4, 0.5) is 0 Å². The van der Waals surface area contributed by atoms with Crippen molar-refractivity contribution in [3.63, 3.8) is 0 Å².